The number of fused-ring (bicyclic) bond motifs is 1. The SMILES string of the molecule is CCC(=O)c1c(C)[nH]c2ccc(F)cc12. The van der Waals surface area contributed by atoms with Crippen LogP contribution in [-0.4, -0.2) is 10.8 Å². The van der Waals surface area contributed by atoms with Crippen molar-refractivity contribution in [1.82, 2.24) is 4.98 Å². The number of aromatic nitrogens is 1. The Morgan fingerprint density at radius 1 is 1.47 bits per heavy atom. The highest BCUT2D eigenvalue weighted by Crippen LogP contribution is 2.24. The maximum absolute atomic E-state index is 13.1. The summed E-state index contributed by atoms with van der Waals surface area (Å²) >= 11 is 0. The molecule has 3 heteroatoms. The summed E-state index contributed by atoms with van der Waals surface area (Å²) < 4.78 is 13.1. The number of aromatic amines is 1. The standard InChI is InChI=1S/C12H12FNO/c1-3-11(15)12-7(2)14-10-5-4-8(13)6-9(10)12/h4-6,14H,3H2,1-2H3. The molecule has 1 aromatic heterocycles. The predicted octanol–water partition coefficient (Wildman–Crippen LogP) is 3.21. The lowest BCUT2D eigenvalue weighted by atomic mass is 10.1. The molecule has 2 aromatic rings. The Bertz CT molecular complexity index is 528. The number of halogens is 1. The van der Waals surface area contributed by atoms with Gasteiger partial charge in [0.1, 0.15) is 5.82 Å². The second kappa shape index (κ2) is 3.50. The Kier molecular flexibility index (Phi) is 2.31. The molecular formula is C12H12FNO. The van der Waals surface area contributed by atoms with E-state index in [-0.39, 0.29) is 11.6 Å². The van der Waals surface area contributed by atoms with Crippen LogP contribution in [0.2, 0.25) is 0 Å². The lowest BCUT2D eigenvalue weighted by molar-refractivity contribution is 0.0989. The summed E-state index contributed by atoms with van der Waals surface area (Å²) in [6.45, 7) is 3.64. The largest absolute Gasteiger partial charge is 0.358 e. The summed E-state index contributed by atoms with van der Waals surface area (Å²) in [7, 11) is 0. The molecule has 0 spiro atoms. The van der Waals surface area contributed by atoms with Gasteiger partial charge in [-0.3, -0.25) is 4.79 Å². The number of carbonyl (C=O) groups excluding carboxylic acids is 1. The molecule has 1 heterocycles. The fourth-order valence-corrected chi connectivity index (χ4v) is 1.83. The first-order valence-electron chi connectivity index (χ1n) is 4.94. The summed E-state index contributed by atoms with van der Waals surface area (Å²) in [6.07, 6.45) is 0.435. The van der Waals surface area contributed by atoms with E-state index in [1.54, 1.807) is 13.0 Å². The van der Waals surface area contributed by atoms with E-state index in [4.69, 9.17) is 0 Å². The molecule has 78 valence electrons. The van der Waals surface area contributed by atoms with Crippen LogP contribution in [0.25, 0.3) is 10.9 Å². The second-order valence-electron chi connectivity index (χ2n) is 3.59. The average Bonchev–Trinajstić information content (AvgIpc) is 2.52. The van der Waals surface area contributed by atoms with E-state index >= 15 is 0 Å². The number of rotatable bonds is 2. The van der Waals surface area contributed by atoms with Crippen molar-refractivity contribution < 1.29 is 9.18 Å². The lowest BCUT2D eigenvalue weighted by Gasteiger charge is -1.97. The van der Waals surface area contributed by atoms with Crippen LogP contribution in [0.15, 0.2) is 18.2 Å². The van der Waals surface area contributed by atoms with Crippen LogP contribution in [0.5, 0.6) is 0 Å². The Hall–Kier alpha value is -1.64. The van der Waals surface area contributed by atoms with Crippen molar-refractivity contribution in [3.05, 3.63) is 35.3 Å². The van der Waals surface area contributed by atoms with Gasteiger partial charge in [-0.2, -0.15) is 0 Å². The molecule has 15 heavy (non-hydrogen) atoms. The van der Waals surface area contributed by atoms with Crippen molar-refractivity contribution in [2.45, 2.75) is 20.3 Å². The monoisotopic (exact) mass is 205 g/mol. The fourth-order valence-electron chi connectivity index (χ4n) is 1.83. The molecule has 0 unspecified atom stereocenters. The van der Waals surface area contributed by atoms with Gasteiger partial charge >= 0.3 is 0 Å². The van der Waals surface area contributed by atoms with Gasteiger partial charge in [0.05, 0.1) is 0 Å². The number of Topliss-reactive ketones (excluding diaryl/α,β-unsaturated/α-hetero) is 1. The number of carbonyl (C=O) groups is 1. The Morgan fingerprint density at radius 2 is 2.20 bits per heavy atom. The molecule has 2 rings (SSSR count). The van der Waals surface area contributed by atoms with Crippen LogP contribution in [0.1, 0.15) is 29.4 Å². The van der Waals surface area contributed by atoms with E-state index < -0.39 is 0 Å². The minimum atomic E-state index is -0.313. The smallest absolute Gasteiger partial charge is 0.165 e. The van der Waals surface area contributed by atoms with Crippen molar-refractivity contribution in [3.8, 4) is 0 Å². The molecule has 0 aliphatic rings. The number of hydrogen-bond donors (Lipinski definition) is 1. The molecule has 0 bridgehead atoms. The number of nitrogens with one attached hydrogen (secondary N) is 1. The van der Waals surface area contributed by atoms with Gasteiger partial charge in [0, 0.05) is 28.6 Å². The molecule has 0 saturated heterocycles. The van der Waals surface area contributed by atoms with Gasteiger partial charge in [-0.15, -0.1) is 0 Å². The first-order chi connectivity index (χ1) is 7.13. The maximum atomic E-state index is 13.1. The van der Waals surface area contributed by atoms with Crippen LogP contribution in [-0.2, 0) is 0 Å². The quantitative estimate of drug-likeness (QED) is 0.750. The van der Waals surface area contributed by atoms with Gasteiger partial charge in [-0.1, -0.05) is 6.92 Å². The Morgan fingerprint density at radius 3 is 2.87 bits per heavy atom. The van der Waals surface area contributed by atoms with Gasteiger partial charge < -0.3 is 4.98 Å². The van der Waals surface area contributed by atoms with Crippen molar-refractivity contribution in [3.63, 3.8) is 0 Å². The molecule has 2 nitrogen and oxygen atoms in total. The van der Waals surface area contributed by atoms with Crippen LogP contribution >= 0.6 is 0 Å². The van der Waals surface area contributed by atoms with Crippen LogP contribution in [0.3, 0.4) is 0 Å². The van der Waals surface area contributed by atoms with Gasteiger partial charge in [0.2, 0.25) is 0 Å². The maximum Gasteiger partial charge on any atom is 0.165 e. The molecule has 0 radical (unpaired) electrons. The third-order valence-corrected chi connectivity index (χ3v) is 2.55. The number of benzene rings is 1. The summed E-state index contributed by atoms with van der Waals surface area (Å²) in [4.78, 5) is 14.8. The molecule has 0 saturated carbocycles. The summed E-state index contributed by atoms with van der Waals surface area (Å²) in [5.74, 6) is -0.268. The summed E-state index contributed by atoms with van der Waals surface area (Å²) in [5.41, 5.74) is 2.24. The molecule has 1 aromatic carbocycles. The zero-order chi connectivity index (χ0) is 11.0. The van der Waals surface area contributed by atoms with E-state index in [1.807, 2.05) is 6.92 Å². The van der Waals surface area contributed by atoms with Crippen molar-refractivity contribution in [2.24, 2.45) is 0 Å². The van der Waals surface area contributed by atoms with E-state index in [0.29, 0.717) is 17.4 Å². The van der Waals surface area contributed by atoms with Crippen LogP contribution in [0.4, 0.5) is 4.39 Å². The number of hydrogen-bond acceptors (Lipinski definition) is 1. The minimum absolute atomic E-state index is 0.0457. The lowest BCUT2D eigenvalue weighted by Crippen LogP contribution is -1.97. The number of H-pyrrole nitrogens is 1. The Labute approximate surface area is 87.1 Å². The topological polar surface area (TPSA) is 32.9 Å². The van der Waals surface area contributed by atoms with E-state index in [9.17, 15) is 9.18 Å². The highest BCUT2D eigenvalue weighted by molar-refractivity contribution is 6.09. The zero-order valence-electron chi connectivity index (χ0n) is 8.73. The van der Waals surface area contributed by atoms with E-state index in [1.165, 1.54) is 12.1 Å². The molecule has 0 aliphatic heterocycles. The summed E-state index contributed by atoms with van der Waals surface area (Å²) in [6, 6.07) is 4.45. The van der Waals surface area contributed by atoms with Crippen molar-refractivity contribution in [1.29, 1.82) is 0 Å². The molecular weight excluding hydrogens is 193 g/mol. The highest BCUT2D eigenvalue weighted by atomic mass is 19.1. The van der Waals surface area contributed by atoms with Gasteiger partial charge in [0.15, 0.2) is 5.78 Å². The molecule has 0 fully saturated rings. The second-order valence-corrected chi connectivity index (χ2v) is 3.59. The average molecular weight is 205 g/mol. The fraction of sp³-hybridized carbons (Fsp3) is 0.250. The minimum Gasteiger partial charge on any atom is -0.358 e. The summed E-state index contributed by atoms with van der Waals surface area (Å²) in [5, 5.41) is 0.680. The van der Waals surface area contributed by atoms with Crippen LogP contribution in [0, 0.1) is 12.7 Å². The molecule has 0 aliphatic carbocycles. The van der Waals surface area contributed by atoms with Gasteiger partial charge in [0.25, 0.3) is 0 Å². The van der Waals surface area contributed by atoms with Crippen molar-refractivity contribution in [2.75, 3.05) is 0 Å². The number of aryl methyl sites for hydroxylation is 1. The highest BCUT2D eigenvalue weighted by Gasteiger charge is 2.14. The van der Waals surface area contributed by atoms with Gasteiger partial charge in [-0.05, 0) is 25.1 Å². The molecule has 1 N–H and O–H groups in total. The molecule has 0 amide bonds. The normalized spacial score (nSPS) is 10.9. The third kappa shape index (κ3) is 1.54. The Balaban J connectivity index is 2.76. The van der Waals surface area contributed by atoms with Gasteiger partial charge in [-0.25, -0.2) is 4.39 Å². The first kappa shape index (κ1) is 9.90. The zero-order valence-corrected chi connectivity index (χ0v) is 8.73. The first-order valence-corrected chi connectivity index (χ1v) is 4.94. The van der Waals surface area contributed by atoms with Crippen molar-refractivity contribution >= 4 is 16.7 Å². The van der Waals surface area contributed by atoms with E-state index in [2.05, 4.69) is 4.98 Å². The van der Waals surface area contributed by atoms with E-state index in [0.717, 1.165) is 11.2 Å². The molecule has 0 atom stereocenters. The predicted molar refractivity (Wildman–Crippen MR) is 57.6 cm³/mol. The third-order valence-electron chi connectivity index (χ3n) is 2.55. The number of ketones is 1. The van der Waals surface area contributed by atoms with Crippen LogP contribution < -0.4 is 0 Å².